The number of halogens is 3. The molecular formula is C11H12F3N3O. The van der Waals surface area contributed by atoms with Crippen LogP contribution in [0.3, 0.4) is 0 Å². The zero-order chi connectivity index (χ0) is 13.4. The van der Waals surface area contributed by atoms with Crippen molar-refractivity contribution in [3.63, 3.8) is 0 Å². The fourth-order valence-corrected chi connectivity index (χ4v) is 1.94. The van der Waals surface area contributed by atoms with E-state index in [-0.39, 0.29) is 11.3 Å². The Labute approximate surface area is 101 Å². The normalized spacial score (nSPS) is 23.7. The molecule has 1 aromatic rings. The Morgan fingerprint density at radius 2 is 2.22 bits per heavy atom. The summed E-state index contributed by atoms with van der Waals surface area (Å²) in [6.45, 7) is -0.451. The van der Waals surface area contributed by atoms with E-state index >= 15 is 0 Å². The molecule has 2 rings (SSSR count). The van der Waals surface area contributed by atoms with Gasteiger partial charge in [0.15, 0.2) is 5.54 Å². The van der Waals surface area contributed by atoms with E-state index in [9.17, 15) is 13.2 Å². The molecule has 0 fully saturated rings. The zero-order valence-electron chi connectivity index (χ0n) is 9.57. The molecule has 1 aliphatic rings. The Morgan fingerprint density at radius 1 is 1.50 bits per heavy atom. The van der Waals surface area contributed by atoms with Crippen molar-refractivity contribution in [2.75, 3.05) is 6.61 Å². The molecule has 0 amide bonds. The van der Waals surface area contributed by atoms with Crippen molar-refractivity contribution in [2.24, 2.45) is 7.05 Å². The van der Waals surface area contributed by atoms with Crippen LogP contribution in [0.5, 0.6) is 0 Å². The van der Waals surface area contributed by atoms with Crippen LogP contribution in [0.4, 0.5) is 13.2 Å². The maximum absolute atomic E-state index is 13.4. The lowest BCUT2D eigenvalue weighted by atomic mass is 9.89. The van der Waals surface area contributed by atoms with Crippen molar-refractivity contribution in [3.05, 3.63) is 42.1 Å². The van der Waals surface area contributed by atoms with Gasteiger partial charge in [-0.1, -0.05) is 0 Å². The number of nitrogens with zero attached hydrogens (tertiary/aromatic N) is 2. The number of hydrogen-bond donors (Lipinski definition) is 2. The number of hydrogen-bond acceptors (Lipinski definition) is 3. The second-order valence-electron chi connectivity index (χ2n) is 4.05. The minimum absolute atomic E-state index is 0.0368. The van der Waals surface area contributed by atoms with Crippen molar-refractivity contribution in [1.82, 2.24) is 14.9 Å². The Bertz CT molecular complexity index is 504. The summed E-state index contributed by atoms with van der Waals surface area (Å²) in [5.41, 5.74) is -2.19. The van der Waals surface area contributed by atoms with Gasteiger partial charge in [0.25, 0.3) is 0 Å². The molecule has 2 N–H and O–H groups in total. The molecule has 4 nitrogen and oxygen atoms in total. The number of rotatable bonds is 2. The number of aryl methyl sites for hydroxylation is 1. The van der Waals surface area contributed by atoms with Gasteiger partial charge >= 0.3 is 6.18 Å². The van der Waals surface area contributed by atoms with Crippen molar-refractivity contribution >= 4 is 0 Å². The highest BCUT2D eigenvalue weighted by atomic mass is 19.4. The highest BCUT2D eigenvalue weighted by Crippen LogP contribution is 2.41. The molecule has 2 heterocycles. The monoisotopic (exact) mass is 259 g/mol. The third-order valence-electron chi connectivity index (χ3n) is 2.86. The van der Waals surface area contributed by atoms with Crippen molar-refractivity contribution < 1.29 is 18.3 Å². The average molecular weight is 259 g/mol. The van der Waals surface area contributed by atoms with Gasteiger partial charge in [-0.15, -0.1) is 0 Å². The molecule has 1 atom stereocenters. The summed E-state index contributed by atoms with van der Waals surface area (Å²) >= 11 is 0. The number of aliphatic hydroxyl groups is 1. The second-order valence-corrected chi connectivity index (χ2v) is 4.05. The maximum Gasteiger partial charge on any atom is 0.420 e. The van der Waals surface area contributed by atoms with E-state index in [2.05, 4.69) is 10.3 Å². The molecular weight excluding hydrogens is 247 g/mol. The Hall–Kier alpha value is -1.76. The first-order chi connectivity index (χ1) is 8.40. The minimum atomic E-state index is -4.55. The number of alkyl halides is 3. The van der Waals surface area contributed by atoms with E-state index in [1.165, 1.54) is 30.2 Å². The van der Waals surface area contributed by atoms with Crippen LogP contribution in [-0.2, 0) is 12.6 Å². The molecule has 1 aliphatic heterocycles. The van der Waals surface area contributed by atoms with Gasteiger partial charge in [0, 0.05) is 7.05 Å². The molecule has 0 saturated carbocycles. The number of nitrogens with one attached hydrogen (secondary N) is 1. The van der Waals surface area contributed by atoms with Gasteiger partial charge in [-0.25, -0.2) is 4.98 Å². The summed E-state index contributed by atoms with van der Waals surface area (Å²) in [5, 5.41) is 11.3. The van der Waals surface area contributed by atoms with Gasteiger partial charge in [-0.05, 0) is 23.9 Å². The summed E-state index contributed by atoms with van der Waals surface area (Å²) in [7, 11) is 1.49. The van der Waals surface area contributed by atoms with Crippen molar-refractivity contribution in [1.29, 1.82) is 0 Å². The first-order valence-electron chi connectivity index (χ1n) is 5.21. The molecule has 0 bridgehead atoms. The van der Waals surface area contributed by atoms with Crippen LogP contribution in [-0.4, -0.2) is 27.4 Å². The molecule has 0 spiro atoms. The minimum Gasteiger partial charge on any atom is -0.392 e. The van der Waals surface area contributed by atoms with E-state index < -0.39 is 18.3 Å². The predicted octanol–water partition coefficient (Wildman–Crippen LogP) is 1.21. The lowest BCUT2D eigenvalue weighted by Crippen LogP contribution is -2.52. The van der Waals surface area contributed by atoms with Gasteiger partial charge in [-0.3, -0.25) is 0 Å². The number of imidazole rings is 1. The highest BCUT2D eigenvalue weighted by Gasteiger charge is 2.56. The standard InChI is InChI=1S/C11H12F3N3O/c1-17-7-15-5-9(17)10(11(12,13)14)4-8(6-18)2-3-16-10/h2-5,7,16,18H,6H2,1H3. The number of aliphatic hydroxyl groups excluding tert-OH is 1. The quantitative estimate of drug-likeness (QED) is 0.839. The van der Waals surface area contributed by atoms with E-state index in [4.69, 9.17) is 5.11 Å². The fourth-order valence-electron chi connectivity index (χ4n) is 1.94. The SMILES string of the molecule is Cn1cncc1C1(C(F)(F)F)C=C(CO)C=CN1. The topological polar surface area (TPSA) is 50.1 Å². The first kappa shape index (κ1) is 12.7. The molecule has 0 radical (unpaired) electrons. The second kappa shape index (κ2) is 4.16. The average Bonchev–Trinajstić information content (AvgIpc) is 2.74. The molecule has 98 valence electrons. The lowest BCUT2D eigenvalue weighted by Gasteiger charge is -2.36. The Balaban J connectivity index is 2.61. The molecule has 0 aromatic carbocycles. The van der Waals surface area contributed by atoms with E-state index in [1.807, 2.05) is 0 Å². The predicted molar refractivity (Wildman–Crippen MR) is 58.4 cm³/mol. The first-order valence-corrected chi connectivity index (χ1v) is 5.21. The fraction of sp³-hybridized carbons (Fsp3) is 0.364. The summed E-state index contributed by atoms with van der Waals surface area (Å²) in [4.78, 5) is 3.71. The van der Waals surface area contributed by atoms with Gasteiger partial charge in [0.05, 0.1) is 24.8 Å². The van der Waals surface area contributed by atoms with E-state index in [0.717, 1.165) is 12.3 Å². The summed E-state index contributed by atoms with van der Waals surface area (Å²) in [6, 6.07) is 0. The van der Waals surface area contributed by atoms with E-state index in [0.29, 0.717) is 0 Å². The number of aromatic nitrogens is 2. The Morgan fingerprint density at radius 3 is 2.72 bits per heavy atom. The third-order valence-corrected chi connectivity index (χ3v) is 2.86. The van der Waals surface area contributed by atoms with Crippen LogP contribution < -0.4 is 5.32 Å². The van der Waals surface area contributed by atoms with Gasteiger partial charge < -0.3 is 15.0 Å². The molecule has 0 aliphatic carbocycles. The van der Waals surface area contributed by atoms with Gasteiger partial charge in [0.1, 0.15) is 0 Å². The molecule has 7 heteroatoms. The summed E-state index contributed by atoms with van der Waals surface area (Å²) in [5.74, 6) is 0. The van der Waals surface area contributed by atoms with Crippen LogP contribution in [0.1, 0.15) is 5.69 Å². The van der Waals surface area contributed by atoms with Crippen LogP contribution in [0.25, 0.3) is 0 Å². The molecule has 1 aromatic heterocycles. The highest BCUT2D eigenvalue weighted by molar-refractivity contribution is 5.36. The zero-order valence-corrected chi connectivity index (χ0v) is 9.57. The molecule has 0 saturated heterocycles. The van der Waals surface area contributed by atoms with Crippen molar-refractivity contribution in [3.8, 4) is 0 Å². The maximum atomic E-state index is 13.4. The molecule has 1 unspecified atom stereocenters. The van der Waals surface area contributed by atoms with E-state index in [1.54, 1.807) is 0 Å². The summed E-state index contributed by atoms with van der Waals surface area (Å²) < 4.78 is 41.5. The van der Waals surface area contributed by atoms with Crippen LogP contribution in [0.2, 0.25) is 0 Å². The van der Waals surface area contributed by atoms with Crippen molar-refractivity contribution in [2.45, 2.75) is 11.7 Å². The number of dihydropyridines is 1. The van der Waals surface area contributed by atoms with Gasteiger partial charge in [-0.2, -0.15) is 13.2 Å². The Kier molecular flexibility index (Phi) is 2.94. The van der Waals surface area contributed by atoms with Crippen LogP contribution in [0, 0.1) is 0 Å². The lowest BCUT2D eigenvalue weighted by molar-refractivity contribution is -0.184. The summed E-state index contributed by atoms with van der Waals surface area (Å²) in [6.07, 6.45) is 1.48. The van der Waals surface area contributed by atoms with Gasteiger partial charge in [0.2, 0.25) is 0 Å². The third kappa shape index (κ3) is 1.80. The van der Waals surface area contributed by atoms with Crippen LogP contribution >= 0.6 is 0 Å². The smallest absolute Gasteiger partial charge is 0.392 e. The van der Waals surface area contributed by atoms with Crippen LogP contribution in [0.15, 0.2) is 36.4 Å². The largest absolute Gasteiger partial charge is 0.420 e. The molecule has 18 heavy (non-hydrogen) atoms.